The van der Waals surface area contributed by atoms with Crippen molar-refractivity contribution in [2.75, 3.05) is 0 Å². The Balaban J connectivity index is 3.80. The van der Waals surface area contributed by atoms with Crippen molar-refractivity contribution in [3.05, 3.63) is 0 Å². The molecular weight excluding hydrogens is 248 g/mol. The monoisotopic (exact) mass is 257 g/mol. The molecule has 1 radical (unpaired) electrons. The van der Waals surface area contributed by atoms with Gasteiger partial charge in [0.25, 0.3) is 0 Å². The van der Waals surface area contributed by atoms with E-state index in [-0.39, 0.29) is 4.83 Å². The zero-order valence-corrected chi connectivity index (χ0v) is 8.83. The molecule has 2 atom stereocenters. The summed E-state index contributed by atoms with van der Waals surface area (Å²) in [7, 11) is 0. The molecular formula is C6H11Br2O. The van der Waals surface area contributed by atoms with Crippen LogP contribution in [-0.4, -0.2) is 9.34 Å². The average Bonchev–Trinajstić information content (AvgIpc) is 1.86. The van der Waals surface area contributed by atoms with Crippen LogP contribution in [0.3, 0.4) is 0 Å². The number of rotatable bonds is 3. The lowest BCUT2D eigenvalue weighted by atomic mass is 10.2. The lowest BCUT2D eigenvalue weighted by Gasteiger charge is -2.20. The first-order valence-corrected chi connectivity index (χ1v) is 4.78. The second-order valence-electron chi connectivity index (χ2n) is 2.02. The van der Waals surface area contributed by atoms with Crippen molar-refractivity contribution in [2.24, 2.45) is 0 Å². The molecule has 3 heteroatoms. The molecule has 0 aromatic heterocycles. The van der Waals surface area contributed by atoms with E-state index < -0.39 is 4.51 Å². The van der Waals surface area contributed by atoms with E-state index in [2.05, 4.69) is 31.9 Å². The van der Waals surface area contributed by atoms with Gasteiger partial charge < -0.3 is 0 Å². The zero-order valence-electron chi connectivity index (χ0n) is 5.66. The first kappa shape index (κ1) is 9.92. The minimum absolute atomic E-state index is 0.0370. The Bertz CT molecular complexity index is 83.1. The topological polar surface area (TPSA) is 19.9 Å². The number of hydrogen-bond acceptors (Lipinski definition) is 0. The van der Waals surface area contributed by atoms with Crippen LogP contribution in [0.4, 0.5) is 0 Å². The fourth-order valence-corrected chi connectivity index (χ4v) is 1.17. The predicted molar refractivity (Wildman–Crippen MR) is 45.6 cm³/mol. The van der Waals surface area contributed by atoms with Crippen molar-refractivity contribution in [3.63, 3.8) is 0 Å². The Morgan fingerprint density at radius 2 is 2.00 bits per heavy atom. The molecule has 0 spiro atoms. The van der Waals surface area contributed by atoms with E-state index in [0.29, 0.717) is 6.42 Å². The summed E-state index contributed by atoms with van der Waals surface area (Å²) in [6.45, 7) is 3.87. The largest absolute Gasteiger partial charge is 0.216 e. The molecule has 0 saturated heterocycles. The molecule has 0 saturated carbocycles. The molecule has 55 valence electrons. The first-order valence-electron chi connectivity index (χ1n) is 3.08. The van der Waals surface area contributed by atoms with Gasteiger partial charge in [-0.25, -0.2) is 5.11 Å². The molecule has 0 bridgehead atoms. The highest BCUT2D eigenvalue weighted by Crippen LogP contribution is 2.31. The maximum absolute atomic E-state index is 11.3. The SMILES string of the molecule is CCC(Br)C([O])(Br)CC. The summed E-state index contributed by atoms with van der Waals surface area (Å²) in [5.74, 6) is 0. The van der Waals surface area contributed by atoms with Gasteiger partial charge in [0.15, 0.2) is 4.51 Å². The van der Waals surface area contributed by atoms with Gasteiger partial charge in [-0.05, 0) is 28.8 Å². The molecule has 0 aliphatic heterocycles. The lowest BCUT2D eigenvalue weighted by Crippen LogP contribution is -2.28. The third-order valence-corrected chi connectivity index (χ3v) is 4.42. The molecule has 0 heterocycles. The van der Waals surface area contributed by atoms with Crippen molar-refractivity contribution >= 4 is 31.9 Å². The third-order valence-electron chi connectivity index (χ3n) is 1.31. The van der Waals surface area contributed by atoms with Gasteiger partial charge in [-0.3, -0.25) is 0 Å². The quantitative estimate of drug-likeness (QED) is 0.694. The summed E-state index contributed by atoms with van der Waals surface area (Å²) in [4.78, 5) is 0.0370. The third kappa shape index (κ3) is 3.01. The Kier molecular flexibility index (Phi) is 4.34. The van der Waals surface area contributed by atoms with Crippen molar-refractivity contribution in [3.8, 4) is 0 Å². The minimum Gasteiger partial charge on any atom is -0.216 e. The Morgan fingerprint density at radius 1 is 1.56 bits per heavy atom. The van der Waals surface area contributed by atoms with E-state index in [1.54, 1.807) is 0 Å². The first-order chi connectivity index (χ1) is 4.04. The fraction of sp³-hybridized carbons (Fsp3) is 1.00. The Morgan fingerprint density at radius 3 is 2.11 bits per heavy atom. The molecule has 0 aromatic carbocycles. The van der Waals surface area contributed by atoms with Crippen molar-refractivity contribution in [1.82, 2.24) is 0 Å². The van der Waals surface area contributed by atoms with Crippen LogP contribution in [0.15, 0.2) is 0 Å². The highest BCUT2D eigenvalue weighted by atomic mass is 79.9. The van der Waals surface area contributed by atoms with Crippen LogP contribution in [0.2, 0.25) is 0 Å². The summed E-state index contributed by atoms with van der Waals surface area (Å²) < 4.78 is -0.970. The normalized spacial score (nSPS) is 21.0. The minimum atomic E-state index is -0.970. The van der Waals surface area contributed by atoms with E-state index in [1.807, 2.05) is 13.8 Å². The highest BCUT2D eigenvalue weighted by Gasteiger charge is 2.30. The predicted octanol–water partition coefficient (Wildman–Crippen LogP) is 3.09. The molecule has 0 rings (SSSR count). The highest BCUT2D eigenvalue weighted by molar-refractivity contribution is 9.12. The Labute approximate surface area is 73.1 Å². The second-order valence-corrected chi connectivity index (χ2v) is 4.46. The van der Waals surface area contributed by atoms with Crippen LogP contribution >= 0.6 is 31.9 Å². The number of alkyl halides is 2. The summed E-state index contributed by atoms with van der Waals surface area (Å²) in [6, 6.07) is 0. The van der Waals surface area contributed by atoms with E-state index in [1.165, 1.54) is 0 Å². The standard InChI is InChI=1S/C6H11Br2O/c1-3-5(7)6(8,9)4-2/h5H,3-4H2,1-2H3. The van der Waals surface area contributed by atoms with Gasteiger partial charge in [-0.15, -0.1) is 0 Å². The van der Waals surface area contributed by atoms with Crippen LogP contribution in [0.5, 0.6) is 0 Å². The number of hydrogen-bond donors (Lipinski definition) is 0. The summed E-state index contributed by atoms with van der Waals surface area (Å²) in [5, 5.41) is 11.3. The van der Waals surface area contributed by atoms with Crippen molar-refractivity contribution < 1.29 is 5.11 Å². The molecule has 0 amide bonds. The van der Waals surface area contributed by atoms with Crippen LogP contribution in [0.25, 0.3) is 0 Å². The Hall–Kier alpha value is 0.920. The van der Waals surface area contributed by atoms with Gasteiger partial charge in [0.1, 0.15) is 0 Å². The van der Waals surface area contributed by atoms with Gasteiger partial charge in [0.2, 0.25) is 0 Å². The summed E-state index contributed by atoms with van der Waals surface area (Å²) >= 11 is 6.40. The van der Waals surface area contributed by atoms with Crippen molar-refractivity contribution in [1.29, 1.82) is 0 Å². The smallest absolute Gasteiger partial charge is 0.170 e. The van der Waals surface area contributed by atoms with Gasteiger partial charge in [0.05, 0.1) is 4.83 Å². The van der Waals surface area contributed by atoms with Crippen LogP contribution in [-0.2, 0) is 5.11 Å². The van der Waals surface area contributed by atoms with Crippen LogP contribution < -0.4 is 0 Å². The number of halogens is 2. The second kappa shape index (κ2) is 3.94. The van der Waals surface area contributed by atoms with E-state index in [0.717, 1.165) is 6.42 Å². The van der Waals surface area contributed by atoms with Crippen LogP contribution in [0.1, 0.15) is 26.7 Å². The van der Waals surface area contributed by atoms with Crippen LogP contribution in [0, 0.1) is 0 Å². The molecule has 2 unspecified atom stereocenters. The van der Waals surface area contributed by atoms with E-state index in [4.69, 9.17) is 0 Å². The van der Waals surface area contributed by atoms with Gasteiger partial charge in [-0.1, -0.05) is 29.8 Å². The van der Waals surface area contributed by atoms with E-state index in [9.17, 15) is 5.11 Å². The van der Waals surface area contributed by atoms with E-state index >= 15 is 0 Å². The molecule has 0 N–H and O–H groups in total. The van der Waals surface area contributed by atoms with Gasteiger partial charge in [-0.2, -0.15) is 0 Å². The molecule has 9 heavy (non-hydrogen) atoms. The molecule has 1 nitrogen and oxygen atoms in total. The van der Waals surface area contributed by atoms with Crippen molar-refractivity contribution in [2.45, 2.75) is 36.0 Å². The molecule has 0 aliphatic rings. The maximum Gasteiger partial charge on any atom is 0.170 e. The molecule has 0 aromatic rings. The summed E-state index contributed by atoms with van der Waals surface area (Å²) in [5.41, 5.74) is 0. The van der Waals surface area contributed by atoms with Gasteiger partial charge >= 0.3 is 0 Å². The molecule has 0 fully saturated rings. The average molecular weight is 259 g/mol. The van der Waals surface area contributed by atoms with Gasteiger partial charge in [0, 0.05) is 0 Å². The molecule has 0 aliphatic carbocycles. The fourth-order valence-electron chi connectivity index (χ4n) is 0.526. The zero-order chi connectivity index (χ0) is 7.49. The lowest BCUT2D eigenvalue weighted by molar-refractivity contribution is 0.0575. The summed E-state index contributed by atoms with van der Waals surface area (Å²) in [6.07, 6.45) is 1.47. The maximum atomic E-state index is 11.3.